The minimum Gasteiger partial charge on any atom is -0.390 e. The highest BCUT2D eigenvalue weighted by Crippen LogP contribution is 2.14. The molecule has 3 nitrogen and oxygen atoms in total. The van der Waals surface area contributed by atoms with Crippen LogP contribution in [0.1, 0.15) is 12.5 Å². The lowest BCUT2D eigenvalue weighted by Gasteiger charge is -2.26. The Kier molecular flexibility index (Phi) is 5.29. The standard InChI is InChI=1S/C13H22N2O/c1-4-15(10-13(16)9-14-3)12-7-5-11(2)6-8-12/h5-8,13-14,16H,4,9-10H2,1-3H3. The molecule has 0 radical (unpaired) electrons. The molecule has 0 saturated heterocycles. The van der Waals surface area contributed by atoms with Crippen molar-refractivity contribution in [3.63, 3.8) is 0 Å². The highest BCUT2D eigenvalue weighted by Gasteiger charge is 2.09. The van der Waals surface area contributed by atoms with Crippen molar-refractivity contribution in [1.29, 1.82) is 0 Å². The van der Waals surface area contributed by atoms with Crippen molar-refractivity contribution >= 4 is 5.69 Å². The van der Waals surface area contributed by atoms with E-state index in [0.717, 1.165) is 6.54 Å². The van der Waals surface area contributed by atoms with Crippen LogP contribution in [0.4, 0.5) is 5.69 Å². The number of aliphatic hydroxyl groups excluding tert-OH is 1. The minimum absolute atomic E-state index is 0.328. The van der Waals surface area contributed by atoms with E-state index in [4.69, 9.17) is 0 Å². The van der Waals surface area contributed by atoms with Crippen LogP contribution in [0.25, 0.3) is 0 Å². The van der Waals surface area contributed by atoms with Crippen molar-refractivity contribution in [2.24, 2.45) is 0 Å². The van der Waals surface area contributed by atoms with Gasteiger partial charge in [0.15, 0.2) is 0 Å². The Hall–Kier alpha value is -1.06. The Morgan fingerprint density at radius 2 is 1.94 bits per heavy atom. The highest BCUT2D eigenvalue weighted by atomic mass is 16.3. The van der Waals surface area contributed by atoms with E-state index in [2.05, 4.69) is 48.3 Å². The Morgan fingerprint density at radius 3 is 2.44 bits per heavy atom. The first kappa shape index (κ1) is 13.0. The summed E-state index contributed by atoms with van der Waals surface area (Å²) in [6.45, 7) is 6.38. The van der Waals surface area contributed by atoms with Crippen LogP contribution >= 0.6 is 0 Å². The van der Waals surface area contributed by atoms with Crippen LogP contribution in [0.3, 0.4) is 0 Å². The monoisotopic (exact) mass is 222 g/mol. The first-order valence-corrected chi connectivity index (χ1v) is 5.81. The summed E-state index contributed by atoms with van der Waals surface area (Å²) in [6, 6.07) is 8.40. The third kappa shape index (κ3) is 3.83. The lowest BCUT2D eigenvalue weighted by atomic mass is 10.2. The second-order valence-electron chi connectivity index (χ2n) is 4.09. The summed E-state index contributed by atoms with van der Waals surface area (Å²) in [7, 11) is 1.85. The van der Waals surface area contributed by atoms with Crippen LogP contribution in [0.15, 0.2) is 24.3 Å². The van der Waals surface area contributed by atoms with Gasteiger partial charge in [0.05, 0.1) is 6.10 Å². The molecular weight excluding hydrogens is 200 g/mol. The number of aliphatic hydroxyl groups is 1. The molecule has 1 rings (SSSR count). The fourth-order valence-electron chi connectivity index (χ4n) is 1.73. The molecule has 0 spiro atoms. The normalized spacial score (nSPS) is 12.5. The van der Waals surface area contributed by atoms with Gasteiger partial charge >= 0.3 is 0 Å². The van der Waals surface area contributed by atoms with E-state index in [9.17, 15) is 5.11 Å². The molecule has 1 atom stereocenters. The van der Waals surface area contributed by atoms with Crippen LogP contribution in [0, 0.1) is 6.92 Å². The molecule has 1 unspecified atom stereocenters. The third-order valence-electron chi connectivity index (χ3n) is 2.65. The first-order chi connectivity index (χ1) is 7.67. The average molecular weight is 222 g/mol. The molecule has 0 aliphatic heterocycles. The fraction of sp³-hybridized carbons (Fsp3) is 0.538. The number of nitrogens with zero attached hydrogens (tertiary/aromatic N) is 1. The number of likely N-dealkylation sites (N-methyl/N-ethyl adjacent to an activating group) is 2. The van der Waals surface area contributed by atoms with E-state index in [-0.39, 0.29) is 6.10 Å². The SMILES string of the molecule is CCN(CC(O)CNC)c1ccc(C)cc1. The average Bonchev–Trinajstić information content (AvgIpc) is 2.27. The van der Waals surface area contributed by atoms with Gasteiger partial charge in [-0.25, -0.2) is 0 Å². The molecule has 90 valence electrons. The molecule has 0 aromatic heterocycles. The smallest absolute Gasteiger partial charge is 0.0839 e. The molecule has 0 heterocycles. The summed E-state index contributed by atoms with van der Waals surface area (Å²) in [5.74, 6) is 0. The zero-order chi connectivity index (χ0) is 12.0. The Morgan fingerprint density at radius 1 is 1.31 bits per heavy atom. The second-order valence-corrected chi connectivity index (χ2v) is 4.09. The van der Waals surface area contributed by atoms with Crippen molar-refractivity contribution in [2.75, 3.05) is 31.6 Å². The van der Waals surface area contributed by atoms with Crippen LogP contribution in [-0.2, 0) is 0 Å². The van der Waals surface area contributed by atoms with Gasteiger partial charge in [0.25, 0.3) is 0 Å². The molecule has 1 aromatic carbocycles. The largest absolute Gasteiger partial charge is 0.390 e. The number of rotatable bonds is 6. The Labute approximate surface area is 98.1 Å². The number of hydrogen-bond acceptors (Lipinski definition) is 3. The van der Waals surface area contributed by atoms with Crippen LogP contribution in [0.2, 0.25) is 0 Å². The van der Waals surface area contributed by atoms with Crippen LogP contribution in [-0.4, -0.2) is 37.9 Å². The Balaban J connectivity index is 2.63. The summed E-state index contributed by atoms with van der Waals surface area (Å²) in [5.41, 5.74) is 2.43. The van der Waals surface area contributed by atoms with Crippen LogP contribution in [0.5, 0.6) is 0 Å². The molecule has 0 aliphatic carbocycles. The zero-order valence-electron chi connectivity index (χ0n) is 10.4. The molecule has 0 bridgehead atoms. The number of hydrogen-bond donors (Lipinski definition) is 2. The lowest BCUT2D eigenvalue weighted by molar-refractivity contribution is 0.180. The Bertz CT molecular complexity index is 297. The van der Waals surface area contributed by atoms with Gasteiger partial charge in [-0.15, -0.1) is 0 Å². The number of nitrogens with one attached hydrogen (secondary N) is 1. The van der Waals surface area contributed by atoms with Crippen molar-refractivity contribution < 1.29 is 5.11 Å². The van der Waals surface area contributed by atoms with Gasteiger partial charge < -0.3 is 15.3 Å². The van der Waals surface area contributed by atoms with Gasteiger partial charge in [-0.3, -0.25) is 0 Å². The number of aryl methyl sites for hydroxylation is 1. The summed E-state index contributed by atoms with van der Waals surface area (Å²) < 4.78 is 0. The topological polar surface area (TPSA) is 35.5 Å². The van der Waals surface area contributed by atoms with Crippen molar-refractivity contribution in [1.82, 2.24) is 5.32 Å². The molecule has 0 amide bonds. The molecule has 16 heavy (non-hydrogen) atoms. The predicted octanol–water partition coefficient (Wildman–Crippen LogP) is 1.40. The van der Waals surface area contributed by atoms with Gasteiger partial charge in [0, 0.05) is 25.3 Å². The molecule has 1 aromatic rings. The molecule has 0 aliphatic rings. The zero-order valence-corrected chi connectivity index (χ0v) is 10.4. The minimum atomic E-state index is -0.328. The van der Waals surface area contributed by atoms with E-state index in [0.29, 0.717) is 13.1 Å². The predicted molar refractivity (Wildman–Crippen MR) is 69.0 cm³/mol. The summed E-state index contributed by atoms with van der Waals surface area (Å²) in [6.07, 6.45) is -0.328. The van der Waals surface area contributed by atoms with E-state index in [1.807, 2.05) is 7.05 Å². The number of anilines is 1. The maximum absolute atomic E-state index is 9.76. The van der Waals surface area contributed by atoms with Gasteiger partial charge in [-0.2, -0.15) is 0 Å². The molecule has 0 fully saturated rings. The molecule has 3 heteroatoms. The lowest BCUT2D eigenvalue weighted by Crippen LogP contribution is -2.37. The van der Waals surface area contributed by atoms with Gasteiger partial charge in [0.2, 0.25) is 0 Å². The second kappa shape index (κ2) is 6.51. The third-order valence-corrected chi connectivity index (χ3v) is 2.65. The van der Waals surface area contributed by atoms with Crippen molar-refractivity contribution in [3.05, 3.63) is 29.8 Å². The van der Waals surface area contributed by atoms with Crippen molar-refractivity contribution in [2.45, 2.75) is 20.0 Å². The molecule has 0 saturated carbocycles. The van der Waals surface area contributed by atoms with Crippen LogP contribution < -0.4 is 10.2 Å². The van der Waals surface area contributed by atoms with Gasteiger partial charge in [0.1, 0.15) is 0 Å². The first-order valence-electron chi connectivity index (χ1n) is 5.81. The quantitative estimate of drug-likeness (QED) is 0.764. The summed E-state index contributed by atoms with van der Waals surface area (Å²) in [4.78, 5) is 2.18. The number of benzene rings is 1. The van der Waals surface area contributed by atoms with Gasteiger partial charge in [-0.1, -0.05) is 17.7 Å². The van der Waals surface area contributed by atoms with E-state index >= 15 is 0 Å². The van der Waals surface area contributed by atoms with E-state index < -0.39 is 0 Å². The van der Waals surface area contributed by atoms with Gasteiger partial charge in [-0.05, 0) is 33.0 Å². The summed E-state index contributed by atoms with van der Waals surface area (Å²) >= 11 is 0. The molecular formula is C13H22N2O. The maximum atomic E-state index is 9.76. The highest BCUT2D eigenvalue weighted by molar-refractivity contribution is 5.47. The summed E-state index contributed by atoms with van der Waals surface area (Å²) in [5, 5.41) is 12.7. The van der Waals surface area contributed by atoms with Crippen molar-refractivity contribution in [3.8, 4) is 0 Å². The maximum Gasteiger partial charge on any atom is 0.0839 e. The fourth-order valence-corrected chi connectivity index (χ4v) is 1.73. The van der Waals surface area contributed by atoms with E-state index in [1.165, 1.54) is 11.3 Å². The molecule has 2 N–H and O–H groups in total. The van der Waals surface area contributed by atoms with E-state index in [1.54, 1.807) is 0 Å².